The van der Waals surface area contributed by atoms with Gasteiger partial charge < -0.3 is 4.57 Å². The summed E-state index contributed by atoms with van der Waals surface area (Å²) in [5.74, 6) is 0.419. The molecule has 5 aromatic rings. The van der Waals surface area contributed by atoms with E-state index in [-0.39, 0.29) is 0 Å². The van der Waals surface area contributed by atoms with Crippen LogP contribution in [0.25, 0.3) is 38.5 Å². The van der Waals surface area contributed by atoms with Crippen molar-refractivity contribution in [1.29, 1.82) is 0 Å². The Morgan fingerprint density at radius 3 is 2.35 bits per heavy atom. The van der Waals surface area contributed by atoms with E-state index in [2.05, 4.69) is 110 Å². The van der Waals surface area contributed by atoms with Crippen molar-refractivity contribution in [2.24, 2.45) is 0 Å². The van der Waals surface area contributed by atoms with E-state index in [4.69, 9.17) is 4.98 Å². The SMILES string of the molecule is CC1Cc2c(nc3c(ccc4ccccc43)c2C2=CC=C(P(=O)(C3=CC=CCC3)c3ccccc3)CC2)-c2ccccc21. The van der Waals surface area contributed by atoms with E-state index in [0.717, 1.165) is 59.2 Å². The molecule has 0 saturated heterocycles. The molecule has 3 heteroatoms. The molecule has 0 bridgehead atoms. The summed E-state index contributed by atoms with van der Waals surface area (Å²) in [6.45, 7) is 2.34. The summed E-state index contributed by atoms with van der Waals surface area (Å²) in [4.78, 5) is 5.43. The Hall–Kier alpha value is -4.26. The average molecular weight is 576 g/mol. The lowest BCUT2D eigenvalue weighted by atomic mass is 9.77. The van der Waals surface area contributed by atoms with E-state index in [1.165, 1.54) is 44.0 Å². The first-order valence-electron chi connectivity index (χ1n) is 15.5. The highest BCUT2D eigenvalue weighted by Crippen LogP contribution is 2.64. The summed E-state index contributed by atoms with van der Waals surface area (Å²) in [6.07, 6.45) is 15.3. The monoisotopic (exact) mass is 575 g/mol. The Labute approximate surface area is 253 Å². The highest BCUT2D eigenvalue weighted by molar-refractivity contribution is 7.79. The highest BCUT2D eigenvalue weighted by Gasteiger charge is 2.35. The van der Waals surface area contributed by atoms with Gasteiger partial charge in [0.15, 0.2) is 7.14 Å². The van der Waals surface area contributed by atoms with Crippen molar-refractivity contribution in [1.82, 2.24) is 4.98 Å². The van der Waals surface area contributed by atoms with Gasteiger partial charge in [0, 0.05) is 21.6 Å². The predicted molar refractivity (Wildman–Crippen MR) is 182 cm³/mol. The third-order valence-electron chi connectivity index (χ3n) is 9.61. The van der Waals surface area contributed by atoms with Crippen LogP contribution in [-0.4, -0.2) is 4.98 Å². The lowest BCUT2D eigenvalue weighted by Crippen LogP contribution is -2.14. The number of nitrogens with zero attached hydrogens (tertiary/aromatic N) is 1. The van der Waals surface area contributed by atoms with Crippen LogP contribution in [0.5, 0.6) is 0 Å². The molecule has 0 saturated carbocycles. The molecule has 2 unspecified atom stereocenters. The third kappa shape index (κ3) is 4.23. The molecule has 3 aliphatic rings. The van der Waals surface area contributed by atoms with E-state index in [1.807, 2.05) is 18.2 Å². The maximum absolute atomic E-state index is 15.1. The van der Waals surface area contributed by atoms with E-state index < -0.39 is 7.14 Å². The van der Waals surface area contributed by atoms with Crippen LogP contribution < -0.4 is 5.30 Å². The Morgan fingerprint density at radius 1 is 0.744 bits per heavy atom. The Morgan fingerprint density at radius 2 is 1.53 bits per heavy atom. The smallest absolute Gasteiger partial charge is 0.163 e. The number of fused-ring (bicyclic) bond motifs is 6. The fourth-order valence-electron chi connectivity index (χ4n) is 7.49. The molecule has 3 aliphatic carbocycles. The standard InChI is InChI=1S/C40H34NOP/c1-27-26-37-38(29-20-23-32(24-21-29)43(42,30-13-4-2-5-14-30)31-15-6-3-7-16-31)36-25-22-28-12-8-9-18-34(28)39(36)41-40(37)35-19-11-10-17-33(27)35/h2-6,8-15,17-20,22-23,25,27H,7,16,21,24,26H2,1H3. The number of benzene rings is 4. The highest BCUT2D eigenvalue weighted by atomic mass is 31.2. The van der Waals surface area contributed by atoms with Crippen molar-refractivity contribution < 1.29 is 4.57 Å². The second kappa shape index (κ2) is 10.5. The zero-order chi connectivity index (χ0) is 29.0. The molecule has 2 atom stereocenters. The van der Waals surface area contributed by atoms with Crippen LogP contribution >= 0.6 is 7.14 Å². The molecular formula is C40H34NOP. The summed E-state index contributed by atoms with van der Waals surface area (Å²) in [7, 11) is -2.88. The number of hydrogen-bond donors (Lipinski definition) is 0. The van der Waals surface area contributed by atoms with Crippen molar-refractivity contribution in [3.63, 3.8) is 0 Å². The topological polar surface area (TPSA) is 30.0 Å². The van der Waals surface area contributed by atoms with Gasteiger partial charge in [0.2, 0.25) is 0 Å². The summed E-state index contributed by atoms with van der Waals surface area (Å²) in [5.41, 5.74) is 8.84. The van der Waals surface area contributed by atoms with Gasteiger partial charge in [-0.2, -0.15) is 0 Å². The van der Waals surface area contributed by atoms with Crippen LogP contribution in [0.4, 0.5) is 0 Å². The molecule has 4 aromatic carbocycles. The normalized spacial score (nSPS) is 19.2. The van der Waals surface area contributed by atoms with Gasteiger partial charge in [-0.1, -0.05) is 128 Å². The zero-order valence-electron chi connectivity index (χ0n) is 24.5. The van der Waals surface area contributed by atoms with Crippen molar-refractivity contribution in [2.45, 2.75) is 44.9 Å². The number of allylic oxidation sites excluding steroid dienone is 8. The molecule has 0 aliphatic heterocycles. The molecule has 1 heterocycles. The summed E-state index contributed by atoms with van der Waals surface area (Å²) >= 11 is 0. The van der Waals surface area contributed by atoms with Crippen LogP contribution in [0.1, 0.15) is 55.2 Å². The van der Waals surface area contributed by atoms with Gasteiger partial charge in [0.1, 0.15) is 0 Å². The first-order chi connectivity index (χ1) is 21.1. The van der Waals surface area contributed by atoms with E-state index in [0.29, 0.717) is 5.92 Å². The number of rotatable bonds is 4. The van der Waals surface area contributed by atoms with Crippen molar-refractivity contribution in [3.8, 4) is 11.3 Å². The van der Waals surface area contributed by atoms with Gasteiger partial charge in [-0.25, -0.2) is 4.98 Å². The number of aromatic nitrogens is 1. The largest absolute Gasteiger partial charge is 0.309 e. The second-order valence-corrected chi connectivity index (χ2v) is 15.0. The molecule has 0 amide bonds. The van der Waals surface area contributed by atoms with Gasteiger partial charge in [0.25, 0.3) is 0 Å². The van der Waals surface area contributed by atoms with Gasteiger partial charge in [-0.15, -0.1) is 0 Å². The Kier molecular flexibility index (Phi) is 6.42. The summed E-state index contributed by atoms with van der Waals surface area (Å²) in [6, 6.07) is 32.1. The molecule has 8 rings (SSSR count). The number of hydrogen-bond acceptors (Lipinski definition) is 2. The van der Waals surface area contributed by atoms with Crippen LogP contribution in [0, 0.1) is 0 Å². The van der Waals surface area contributed by atoms with E-state index in [1.54, 1.807) is 0 Å². The quantitative estimate of drug-likeness (QED) is 0.158. The lowest BCUT2D eigenvalue weighted by molar-refractivity contribution is 0.586. The predicted octanol–water partition coefficient (Wildman–Crippen LogP) is 10.7. The van der Waals surface area contributed by atoms with Gasteiger partial charge >= 0.3 is 0 Å². The third-order valence-corrected chi connectivity index (χ3v) is 13.0. The minimum absolute atomic E-state index is 0.419. The van der Waals surface area contributed by atoms with E-state index in [9.17, 15) is 0 Å². The van der Waals surface area contributed by atoms with Crippen LogP contribution in [0.2, 0.25) is 0 Å². The maximum Gasteiger partial charge on any atom is 0.163 e. The summed E-state index contributed by atoms with van der Waals surface area (Å²) in [5, 5.41) is 6.72. The van der Waals surface area contributed by atoms with Gasteiger partial charge in [0.05, 0.1) is 11.2 Å². The fraction of sp³-hybridized carbons (Fsp3) is 0.175. The van der Waals surface area contributed by atoms with Crippen molar-refractivity contribution >= 4 is 39.7 Å². The van der Waals surface area contributed by atoms with Crippen LogP contribution in [0.3, 0.4) is 0 Å². The molecule has 43 heavy (non-hydrogen) atoms. The molecule has 0 fully saturated rings. The first-order valence-corrected chi connectivity index (χ1v) is 17.2. The molecule has 1 aromatic heterocycles. The van der Waals surface area contributed by atoms with Gasteiger partial charge in [-0.3, -0.25) is 0 Å². The van der Waals surface area contributed by atoms with Crippen LogP contribution in [0.15, 0.2) is 132 Å². The van der Waals surface area contributed by atoms with Crippen molar-refractivity contribution in [2.75, 3.05) is 0 Å². The average Bonchev–Trinajstić information content (AvgIpc) is 3.08. The van der Waals surface area contributed by atoms with Crippen molar-refractivity contribution in [3.05, 3.63) is 149 Å². The van der Waals surface area contributed by atoms with Crippen LogP contribution in [-0.2, 0) is 11.0 Å². The second-order valence-electron chi connectivity index (χ2n) is 12.1. The molecule has 0 radical (unpaired) electrons. The minimum atomic E-state index is -2.88. The molecule has 210 valence electrons. The molecule has 2 nitrogen and oxygen atoms in total. The van der Waals surface area contributed by atoms with Gasteiger partial charge in [-0.05, 0) is 76.3 Å². The minimum Gasteiger partial charge on any atom is -0.309 e. The fourth-order valence-corrected chi connectivity index (χ4v) is 10.6. The Bertz CT molecular complexity index is 2100. The zero-order valence-corrected chi connectivity index (χ0v) is 25.4. The number of pyridine rings is 1. The maximum atomic E-state index is 15.1. The first kappa shape index (κ1) is 26.4. The molecular weight excluding hydrogens is 541 g/mol. The summed E-state index contributed by atoms with van der Waals surface area (Å²) < 4.78 is 15.1. The molecule has 0 spiro atoms. The van der Waals surface area contributed by atoms with E-state index >= 15 is 4.57 Å². The Balaban J connectivity index is 1.36. The lowest BCUT2D eigenvalue weighted by Gasteiger charge is -2.31. The molecule has 0 N–H and O–H groups in total.